The fourth-order valence-electron chi connectivity index (χ4n) is 2.85. The number of benzene rings is 1. The van der Waals surface area contributed by atoms with Crippen LogP contribution in [0.25, 0.3) is 0 Å². The Kier molecular flexibility index (Phi) is 4.25. The monoisotopic (exact) mass is 248 g/mol. The van der Waals surface area contributed by atoms with Gasteiger partial charge in [-0.1, -0.05) is 19.1 Å². The zero-order chi connectivity index (χ0) is 13.1. The highest BCUT2D eigenvalue weighted by atomic mass is 16.5. The highest BCUT2D eigenvalue weighted by Gasteiger charge is 2.27. The summed E-state index contributed by atoms with van der Waals surface area (Å²) >= 11 is 0. The van der Waals surface area contributed by atoms with Crippen molar-refractivity contribution < 1.29 is 4.74 Å². The highest BCUT2D eigenvalue weighted by molar-refractivity contribution is 5.29. The lowest BCUT2D eigenvalue weighted by Gasteiger charge is -2.25. The van der Waals surface area contributed by atoms with E-state index >= 15 is 0 Å². The first-order valence-electron chi connectivity index (χ1n) is 6.73. The molecule has 2 rings (SSSR count). The minimum atomic E-state index is 0.0867. The predicted molar refractivity (Wildman–Crippen MR) is 74.7 cm³/mol. The van der Waals surface area contributed by atoms with Gasteiger partial charge in [0.2, 0.25) is 0 Å². The summed E-state index contributed by atoms with van der Waals surface area (Å²) in [6.07, 6.45) is 1.29. The van der Waals surface area contributed by atoms with Crippen LogP contribution in [0.2, 0.25) is 0 Å². The Labute approximate surface area is 110 Å². The van der Waals surface area contributed by atoms with Crippen LogP contribution in [-0.2, 0) is 0 Å². The summed E-state index contributed by atoms with van der Waals surface area (Å²) in [4.78, 5) is 2.50. The maximum absolute atomic E-state index is 6.29. The Morgan fingerprint density at radius 2 is 2.00 bits per heavy atom. The zero-order valence-corrected chi connectivity index (χ0v) is 11.6. The maximum atomic E-state index is 6.29. The van der Waals surface area contributed by atoms with E-state index in [1.54, 1.807) is 7.11 Å². The Morgan fingerprint density at radius 1 is 1.33 bits per heavy atom. The Bertz CT molecular complexity index is 377. The molecule has 1 fully saturated rings. The first-order chi connectivity index (χ1) is 8.60. The molecule has 1 aromatic carbocycles. The molecule has 0 aromatic heterocycles. The van der Waals surface area contributed by atoms with Gasteiger partial charge in [-0.05, 0) is 37.0 Å². The van der Waals surface area contributed by atoms with Gasteiger partial charge in [0.25, 0.3) is 0 Å². The third-order valence-corrected chi connectivity index (χ3v) is 3.89. The fraction of sp³-hybridized carbons (Fsp3) is 0.600. The number of hydrogen-bond donors (Lipinski definition) is 1. The van der Waals surface area contributed by atoms with Gasteiger partial charge in [-0.15, -0.1) is 0 Å². The van der Waals surface area contributed by atoms with Crippen LogP contribution in [0.15, 0.2) is 24.3 Å². The molecule has 0 radical (unpaired) electrons. The molecule has 3 nitrogen and oxygen atoms in total. The van der Waals surface area contributed by atoms with Gasteiger partial charge in [0, 0.05) is 25.2 Å². The number of nitrogens with two attached hydrogens (primary N) is 1. The van der Waals surface area contributed by atoms with Crippen molar-refractivity contribution in [2.45, 2.75) is 32.4 Å². The van der Waals surface area contributed by atoms with Crippen molar-refractivity contribution in [1.29, 1.82) is 0 Å². The summed E-state index contributed by atoms with van der Waals surface area (Å²) in [5.74, 6) is 1.68. The van der Waals surface area contributed by atoms with Gasteiger partial charge >= 0.3 is 0 Å². The molecule has 0 spiro atoms. The Hall–Kier alpha value is -1.06. The Balaban J connectivity index is 1.96. The minimum Gasteiger partial charge on any atom is -0.497 e. The fourth-order valence-corrected chi connectivity index (χ4v) is 2.85. The molecule has 3 atom stereocenters. The van der Waals surface area contributed by atoms with E-state index < -0.39 is 0 Å². The van der Waals surface area contributed by atoms with Crippen molar-refractivity contribution in [3.05, 3.63) is 29.8 Å². The molecule has 0 amide bonds. The van der Waals surface area contributed by atoms with Gasteiger partial charge in [0.05, 0.1) is 7.11 Å². The van der Waals surface area contributed by atoms with Crippen LogP contribution in [-0.4, -0.2) is 31.1 Å². The van der Waals surface area contributed by atoms with E-state index in [0.29, 0.717) is 6.04 Å². The van der Waals surface area contributed by atoms with E-state index in [1.165, 1.54) is 18.5 Å². The van der Waals surface area contributed by atoms with Crippen molar-refractivity contribution in [3.8, 4) is 5.75 Å². The lowest BCUT2D eigenvalue weighted by molar-refractivity contribution is 0.249. The topological polar surface area (TPSA) is 38.5 Å². The third-order valence-electron chi connectivity index (χ3n) is 3.89. The third kappa shape index (κ3) is 3.03. The predicted octanol–water partition coefficient (Wildman–Crippen LogP) is 2.43. The second kappa shape index (κ2) is 5.72. The molecule has 3 unspecified atom stereocenters. The van der Waals surface area contributed by atoms with Crippen LogP contribution in [0, 0.1) is 5.92 Å². The first kappa shape index (κ1) is 13.4. The molecular formula is C15H24N2O. The Morgan fingerprint density at radius 3 is 2.50 bits per heavy atom. The number of nitrogens with zero attached hydrogens (tertiary/aromatic N) is 1. The molecule has 1 saturated heterocycles. The first-order valence-corrected chi connectivity index (χ1v) is 6.73. The molecule has 0 bridgehead atoms. The molecule has 1 aliphatic heterocycles. The van der Waals surface area contributed by atoms with Crippen LogP contribution in [0.4, 0.5) is 0 Å². The zero-order valence-electron chi connectivity index (χ0n) is 11.6. The largest absolute Gasteiger partial charge is 0.497 e. The average Bonchev–Trinajstić information content (AvgIpc) is 2.68. The van der Waals surface area contributed by atoms with Crippen molar-refractivity contribution in [2.75, 3.05) is 20.2 Å². The van der Waals surface area contributed by atoms with Crippen LogP contribution >= 0.6 is 0 Å². The van der Waals surface area contributed by atoms with E-state index in [2.05, 4.69) is 30.9 Å². The summed E-state index contributed by atoms with van der Waals surface area (Å²) in [5.41, 5.74) is 7.47. The average molecular weight is 248 g/mol. The molecule has 18 heavy (non-hydrogen) atoms. The molecule has 100 valence electrons. The molecule has 1 aliphatic rings. The summed E-state index contributed by atoms with van der Waals surface area (Å²) in [6, 6.07) is 8.82. The van der Waals surface area contributed by atoms with Crippen molar-refractivity contribution in [2.24, 2.45) is 11.7 Å². The lowest BCUT2D eigenvalue weighted by atomic mass is 10.1. The summed E-state index contributed by atoms with van der Waals surface area (Å²) in [7, 11) is 1.68. The van der Waals surface area contributed by atoms with Crippen molar-refractivity contribution in [3.63, 3.8) is 0 Å². The smallest absolute Gasteiger partial charge is 0.118 e. The molecule has 2 N–H and O–H groups in total. The quantitative estimate of drug-likeness (QED) is 0.889. The standard InChI is InChI=1S/C15H24N2O/c1-11-8-12(2)17(9-11)10-15(16)13-4-6-14(18-3)7-5-13/h4-7,11-12,15H,8-10,16H2,1-3H3. The van der Waals surface area contributed by atoms with Gasteiger partial charge in [0.1, 0.15) is 5.75 Å². The van der Waals surface area contributed by atoms with E-state index in [-0.39, 0.29) is 6.04 Å². The van der Waals surface area contributed by atoms with Gasteiger partial charge < -0.3 is 10.5 Å². The van der Waals surface area contributed by atoms with Gasteiger partial charge in [-0.3, -0.25) is 4.90 Å². The van der Waals surface area contributed by atoms with Crippen LogP contribution in [0.5, 0.6) is 5.75 Å². The molecule has 0 saturated carbocycles. The van der Waals surface area contributed by atoms with Crippen LogP contribution in [0.1, 0.15) is 31.9 Å². The summed E-state index contributed by atoms with van der Waals surface area (Å²) < 4.78 is 5.16. The second-order valence-electron chi connectivity index (χ2n) is 5.52. The van der Waals surface area contributed by atoms with Crippen molar-refractivity contribution in [1.82, 2.24) is 4.90 Å². The van der Waals surface area contributed by atoms with Gasteiger partial charge in [-0.25, -0.2) is 0 Å². The molecule has 1 heterocycles. The van der Waals surface area contributed by atoms with Crippen LogP contribution < -0.4 is 10.5 Å². The summed E-state index contributed by atoms with van der Waals surface area (Å²) in [5, 5.41) is 0. The molecule has 0 aliphatic carbocycles. The number of rotatable bonds is 4. The number of hydrogen-bond acceptors (Lipinski definition) is 3. The van der Waals surface area contributed by atoms with E-state index in [4.69, 9.17) is 10.5 Å². The van der Waals surface area contributed by atoms with Gasteiger partial charge in [-0.2, -0.15) is 0 Å². The van der Waals surface area contributed by atoms with E-state index in [9.17, 15) is 0 Å². The van der Waals surface area contributed by atoms with Crippen molar-refractivity contribution >= 4 is 0 Å². The molecule has 3 heteroatoms. The number of likely N-dealkylation sites (tertiary alicyclic amines) is 1. The minimum absolute atomic E-state index is 0.0867. The van der Waals surface area contributed by atoms with Gasteiger partial charge in [0.15, 0.2) is 0 Å². The normalized spacial score (nSPS) is 26.2. The molecule has 1 aromatic rings. The van der Waals surface area contributed by atoms with Crippen LogP contribution in [0.3, 0.4) is 0 Å². The highest BCUT2D eigenvalue weighted by Crippen LogP contribution is 2.25. The molecular weight excluding hydrogens is 224 g/mol. The lowest BCUT2D eigenvalue weighted by Crippen LogP contribution is -2.34. The number of methoxy groups -OCH3 is 1. The summed E-state index contributed by atoms with van der Waals surface area (Å²) in [6.45, 7) is 6.72. The van der Waals surface area contributed by atoms with E-state index in [0.717, 1.165) is 18.2 Å². The maximum Gasteiger partial charge on any atom is 0.118 e. The number of ether oxygens (including phenoxy) is 1. The second-order valence-corrected chi connectivity index (χ2v) is 5.52. The SMILES string of the molecule is COc1ccc(C(N)CN2CC(C)CC2C)cc1. The van der Waals surface area contributed by atoms with E-state index in [1.807, 2.05) is 12.1 Å².